The molecular weight excluding hydrogens is 202 g/mol. The lowest BCUT2D eigenvalue weighted by molar-refractivity contribution is -0.137. The highest BCUT2D eigenvalue weighted by Gasteiger charge is 2.10. The van der Waals surface area contributed by atoms with Crippen molar-refractivity contribution in [2.45, 2.75) is 40.5 Å². The maximum absolute atomic E-state index is 11.3. The second kappa shape index (κ2) is 7.85. The molecule has 0 heterocycles. The fraction of sp³-hybridized carbons (Fsp3) is 0.538. The zero-order valence-corrected chi connectivity index (χ0v) is 10.6. The Bertz CT molecular complexity index is 274. The highest BCUT2D eigenvalue weighted by molar-refractivity contribution is 6.36. The van der Waals surface area contributed by atoms with Gasteiger partial charge in [-0.1, -0.05) is 23.3 Å². The minimum absolute atomic E-state index is 0.284. The molecule has 0 unspecified atom stereocenters. The van der Waals surface area contributed by atoms with Crippen molar-refractivity contribution in [2.75, 3.05) is 6.54 Å². The average Bonchev–Trinajstić information content (AvgIpc) is 2.16. The van der Waals surface area contributed by atoms with Crippen LogP contribution in [-0.4, -0.2) is 18.2 Å². The molecule has 0 spiro atoms. The molecule has 0 saturated carbocycles. The number of amides is 1. The summed E-state index contributed by atoms with van der Waals surface area (Å²) in [4.78, 5) is 22.6. The lowest BCUT2D eigenvalue weighted by atomic mass is 10.1. The number of hydrogen-bond acceptors (Lipinski definition) is 2. The topological polar surface area (TPSA) is 46.2 Å². The molecule has 3 heteroatoms. The SMILES string of the molecule is CC(C)=CCCC(=O)C(=O)NCC=C(C)C. The number of hydrogen-bond donors (Lipinski definition) is 1. The van der Waals surface area contributed by atoms with Gasteiger partial charge in [-0.3, -0.25) is 9.59 Å². The van der Waals surface area contributed by atoms with Gasteiger partial charge in [0.25, 0.3) is 5.91 Å². The molecule has 0 aliphatic rings. The molecular formula is C13H21NO2. The Balaban J connectivity index is 3.87. The Morgan fingerprint density at radius 1 is 1.00 bits per heavy atom. The number of carbonyl (C=O) groups excluding carboxylic acids is 2. The summed E-state index contributed by atoms with van der Waals surface area (Å²) >= 11 is 0. The van der Waals surface area contributed by atoms with Gasteiger partial charge >= 0.3 is 0 Å². The fourth-order valence-electron chi connectivity index (χ4n) is 1.05. The van der Waals surface area contributed by atoms with Crippen molar-refractivity contribution in [2.24, 2.45) is 0 Å². The average molecular weight is 223 g/mol. The van der Waals surface area contributed by atoms with Crippen LogP contribution in [0.25, 0.3) is 0 Å². The predicted molar refractivity (Wildman–Crippen MR) is 66.1 cm³/mol. The third-order valence-corrected chi connectivity index (χ3v) is 1.95. The van der Waals surface area contributed by atoms with E-state index in [1.807, 2.05) is 39.8 Å². The molecule has 1 N–H and O–H groups in total. The molecule has 3 nitrogen and oxygen atoms in total. The van der Waals surface area contributed by atoms with Crippen LogP contribution in [0.5, 0.6) is 0 Å². The molecule has 1 amide bonds. The van der Waals surface area contributed by atoms with Gasteiger partial charge in [-0.15, -0.1) is 0 Å². The Hall–Kier alpha value is -1.38. The second-order valence-electron chi connectivity index (χ2n) is 4.23. The van der Waals surface area contributed by atoms with Crippen LogP contribution in [0.1, 0.15) is 40.5 Å². The number of ketones is 1. The van der Waals surface area contributed by atoms with E-state index in [0.29, 0.717) is 13.0 Å². The summed E-state index contributed by atoms with van der Waals surface area (Å²) in [6.07, 6.45) is 4.76. The third-order valence-electron chi connectivity index (χ3n) is 1.95. The van der Waals surface area contributed by atoms with Crippen molar-refractivity contribution in [3.63, 3.8) is 0 Å². The quantitative estimate of drug-likeness (QED) is 0.555. The molecule has 0 fully saturated rings. The zero-order valence-electron chi connectivity index (χ0n) is 10.6. The molecule has 90 valence electrons. The van der Waals surface area contributed by atoms with Crippen LogP contribution >= 0.6 is 0 Å². The van der Waals surface area contributed by atoms with Crippen LogP contribution in [0.3, 0.4) is 0 Å². The number of rotatable bonds is 6. The van der Waals surface area contributed by atoms with Gasteiger partial charge in [0.1, 0.15) is 0 Å². The lowest BCUT2D eigenvalue weighted by Gasteiger charge is -2.00. The highest BCUT2D eigenvalue weighted by Crippen LogP contribution is 1.98. The largest absolute Gasteiger partial charge is 0.346 e. The van der Waals surface area contributed by atoms with Crippen molar-refractivity contribution < 1.29 is 9.59 Å². The van der Waals surface area contributed by atoms with Crippen molar-refractivity contribution in [1.82, 2.24) is 5.32 Å². The first-order valence-electron chi connectivity index (χ1n) is 5.51. The van der Waals surface area contributed by atoms with Crippen LogP contribution < -0.4 is 5.32 Å². The van der Waals surface area contributed by atoms with Gasteiger partial charge in [0.15, 0.2) is 0 Å². The van der Waals surface area contributed by atoms with Crippen LogP contribution in [0.15, 0.2) is 23.3 Å². The summed E-state index contributed by atoms with van der Waals surface area (Å²) in [5.41, 5.74) is 2.29. The van der Waals surface area contributed by atoms with E-state index in [0.717, 1.165) is 11.1 Å². The molecule has 0 aliphatic carbocycles. The van der Waals surface area contributed by atoms with Gasteiger partial charge in [0, 0.05) is 13.0 Å². The van der Waals surface area contributed by atoms with Gasteiger partial charge in [0.2, 0.25) is 5.78 Å². The monoisotopic (exact) mass is 223 g/mol. The number of allylic oxidation sites excluding steroid dienone is 3. The minimum Gasteiger partial charge on any atom is -0.346 e. The molecule has 0 rings (SSSR count). The summed E-state index contributed by atoms with van der Waals surface area (Å²) in [5.74, 6) is -0.834. The first-order valence-corrected chi connectivity index (χ1v) is 5.51. The highest BCUT2D eigenvalue weighted by atomic mass is 16.2. The predicted octanol–water partition coefficient (Wildman–Crippen LogP) is 2.38. The van der Waals surface area contributed by atoms with Crippen molar-refractivity contribution in [3.05, 3.63) is 23.3 Å². The maximum Gasteiger partial charge on any atom is 0.287 e. The van der Waals surface area contributed by atoms with E-state index >= 15 is 0 Å². The molecule has 0 aromatic carbocycles. The van der Waals surface area contributed by atoms with E-state index in [2.05, 4.69) is 5.32 Å². The van der Waals surface area contributed by atoms with Gasteiger partial charge in [0.05, 0.1) is 0 Å². The Labute approximate surface area is 97.6 Å². The minimum atomic E-state index is -0.486. The number of nitrogens with one attached hydrogen (secondary N) is 1. The number of Topliss-reactive ketones (excluding diaryl/α,β-unsaturated/α-hetero) is 1. The van der Waals surface area contributed by atoms with Crippen LogP contribution in [0, 0.1) is 0 Å². The van der Waals surface area contributed by atoms with E-state index < -0.39 is 5.91 Å². The van der Waals surface area contributed by atoms with Gasteiger partial charge in [-0.2, -0.15) is 0 Å². The van der Waals surface area contributed by atoms with Crippen LogP contribution in [0.4, 0.5) is 0 Å². The first kappa shape index (κ1) is 14.6. The van der Waals surface area contributed by atoms with E-state index in [1.165, 1.54) is 0 Å². The summed E-state index contributed by atoms with van der Waals surface area (Å²) in [7, 11) is 0. The van der Waals surface area contributed by atoms with E-state index in [9.17, 15) is 9.59 Å². The summed E-state index contributed by atoms with van der Waals surface area (Å²) in [5, 5.41) is 2.57. The molecule has 0 aromatic rings. The molecule has 0 aromatic heterocycles. The van der Waals surface area contributed by atoms with E-state index in [1.54, 1.807) is 0 Å². The Morgan fingerprint density at radius 3 is 2.06 bits per heavy atom. The van der Waals surface area contributed by atoms with Crippen molar-refractivity contribution in [1.29, 1.82) is 0 Å². The Morgan fingerprint density at radius 2 is 1.56 bits per heavy atom. The standard InChI is InChI=1S/C13H21NO2/c1-10(2)6-5-7-12(15)13(16)14-9-8-11(3)4/h6,8H,5,7,9H2,1-4H3,(H,14,16). The molecule has 16 heavy (non-hydrogen) atoms. The lowest BCUT2D eigenvalue weighted by Crippen LogP contribution is -2.30. The second-order valence-corrected chi connectivity index (χ2v) is 4.23. The summed E-state index contributed by atoms with van der Waals surface area (Å²) in [6.45, 7) is 8.26. The molecule has 0 atom stereocenters. The van der Waals surface area contributed by atoms with E-state index in [4.69, 9.17) is 0 Å². The van der Waals surface area contributed by atoms with Gasteiger partial charge < -0.3 is 5.32 Å². The smallest absolute Gasteiger partial charge is 0.287 e. The molecule has 0 aliphatic heterocycles. The van der Waals surface area contributed by atoms with Crippen molar-refractivity contribution >= 4 is 11.7 Å². The van der Waals surface area contributed by atoms with Crippen molar-refractivity contribution in [3.8, 4) is 0 Å². The summed E-state index contributed by atoms with van der Waals surface area (Å²) in [6, 6.07) is 0. The summed E-state index contributed by atoms with van der Waals surface area (Å²) < 4.78 is 0. The normalized spacial score (nSPS) is 9.25. The van der Waals surface area contributed by atoms with Gasteiger partial charge in [-0.25, -0.2) is 0 Å². The van der Waals surface area contributed by atoms with Crippen LogP contribution in [0.2, 0.25) is 0 Å². The zero-order chi connectivity index (χ0) is 12.6. The molecule has 0 saturated heterocycles. The number of carbonyl (C=O) groups is 2. The first-order chi connectivity index (χ1) is 7.43. The fourth-order valence-corrected chi connectivity index (χ4v) is 1.05. The molecule has 0 radical (unpaired) electrons. The Kier molecular flexibility index (Phi) is 7.18. The third kappa shape index (κ3) is 7.97. The van der Waals surface area contributed by atoms with Gasteiger partial charge in [-0.05, 0) is 34.1 Å². The molecule has 0 bridgehead atoms. The maximum atomic E-state index is 11.3. The van der Waals surface area contributed by atoms with E-state index in [-0.39, 0.29) is 12.2 Å². The van der Waals surface area contributed by atoms with Crippen LogP contribution in [-0.2, 0) is 9.59 Å².